The molecule has 0 bridgehead atoms. The fourth-order valence-electron chi connectivity index (χ4n) is 3.56. The molecule has 2 aromatic rings. The number of para-hydroxylation sites is 1. The second kappa shape index (κ2) is 8.21. The Morgan fingerprint density at radius 2 is 1.85 bits per heavy atom. The first-order chi connectivity index (χ1) is 12.6. The third-order valence-corrected chi connectivity index (χ3v) is 4.93. The number of nitrogens with zero attached hydrogens (tertiary/aromatic N) is 1. The maximum absolute atomic E-state index is 13.2. The van der Waals surface area contributed by atoms with E-state index in [0.717, 1.165) is 24.8 Å². The lowest BCUT2D eigenvalue weighted by atomic mass is 9.94. The van der Waals surface area contributed by atoms with Crippen LogP contribution in [0.3, 0.4) is 0 Å². The molecular formula is C21H24FNO3. The number of ether oxygens (including phenoxy) is 2. The lowest BCUT2D eigenvalue weighted by Crippen LogP contribution is -2.34. The van der Waals surface area contributed by atoms with Crippen LogP contribution in [-0.2, 0) is 0 Å². The molecule has 0 aliphatic carbocycles. The van der Waals surface area contributed by atoms with Gasteiger partial charge in [0.1, 0.15) is 5.82 Å². The van der Waals surface area contributed by atoms with E-state index in [9.17, 15) is 9.18 Å². The Kier molecular flexibility index (Phi) is 5.76. The Balaban J connectivity index is 1.85. The Labute approximate surface area is 153 Å². The molecule has 1 aliphatic rings. The number of hydrogen-bond acceptors (Lipinski definition) is 3. The number of rotatable bonds is 4. The Hall–Kier alpha value is -2.56. The van der Waals surface area contributed by atoms with Gasteiger partial charge < -0.3 is 14.4 Å². The molecule has 5 heteroatoms. The van der Waals surface area contributed by atoms with Crippen LogP contribution in [0.1, 0.15) is 41.1 Å². The van der Waals surface area contributed by atoms with Gasteiger partial charge in [0.05, 0.1) is 19.8 Å². The van der Waals surface area contributed by atoms with E-state index in [4.69, 9.17) is 9.47 Å². The maximum atomic E-state index is 13.2. The highest BCUT2D eigenvalue weighted by Crippen LogP contribution is 2.33. The molecule has 2 aromatic carbocycles. The van der Waals surface area contributed by atoms with E-state index >= 15 is 0 Å². The number of likely N-dealkylation sites (tertiary alicyclic amines) is 1. The first-order valence-electron chi connectivity index (χ1n) is 8.89. The van der Waals surface area contributed by atoms with Crippen LogP contribution in [-0.4, -0.2) is 38.1 Å². The summed E-state index contributed by atoms with van der Waals surface area (Å²) in [7, 11) is 3.10. The number of hydrogen-bond donors (Lipinski definition) is 0. The fraction of sp³-hybridized carbons (Fsp3) is 0.381. The molecule has 1 heterocycles. The highest BCUT2D eigenvalue weighted by Gasteiger charge is 2.26. The van der Waals surface area contributed by atoms with E-state index in [2.05, 4.69) is 0 Å². The molecule has 0 N–H and O–H groups in total. The van der Waals surface area contributed by atoms with E-state index in [1.54, 1.807) is 32.4 Å². The molecule has 1 atom stereocenters. The molecule has 0 saturated carbocycles. The van der Waals surface area contributed by atoms with E-state index in [1.165, 1.54) is 12.1 Å². The molecular weight excluding hydrogens is 333 g/mol. The van der Waals surface area contributed by atoms with E-state index in [1.807, 2.05) is 17.0 Å². The molecule has 3 rings (SSSR count). The van der Waals surface area contributed by atoms with E-state index < -0.39 is 0 Å². The topological polar surface area (TPSA) is 38.8 Å². The van der Waals surface area contributed by atoms with Crippen LogP contribution in [0.25, 0.3) is 0 Å². The van der Waals surface area contributed by atoms with Gasteiger partial charge in [0.15, 0.2) is 11.5 Å². The SMILES string of the molecule is COc1cccc(C(=O)N2CCCC[C@H](c3ccc(F)cc3)C2)c1OC. The Bertz CT molecular complexity index is 760. The first-order valence-corrected chi connectivity index (χ1v) is 8.89. The summed E-state index contributed by atoms with van der Waals surface area (Å²) in [5.41, 5.74) is 1.58. The zero-order valence-electron chi connectivity index (χ0n) is 15.2. The summed E-state index contributed by atoms with van der Waals surface area (Å²) >= 11 is 0. The van der Waals surface area contributed by atoms with Gasteiger partial charge in [0.25, 0.3) is 5.91 Å². The molecule has 0 spiro atoms. The van der Waals surface area contributed by atoms with Crippen LogP contribution in [0, 0.1) is 5.82 Å². The zero-order valence-corrected chi connectivity index (χ0v) is 15.2. The van der Waals surface area contributed by atoms with Gasteiger partial charge in [-0.05, 0) is 42.7 Å². The summed E-state index contributed by atoms with van der Waals surface area (Å²) in [6.45, 7) is 1.32. The summed E-state index contributed by atoms with van der Waals surface area (Å²) in [4.78, 5) is 15.0. The third kappa shape index (κ3) is 3.82. The lowest BCUT2D eigenvalue weighted by molar-refractivity contribution is 0.0750. The fourth-order valence-corrected chi connectivity index (χ4v) is 3.56. The zero-order chi connectivity index (χ0) is 18.5. The van der Waals surface area contributed by atoms with Gasteiger partial charge in [-0.3, -0.25) is 4.79 Å². The molecule has 138 valence electrons. The van der Waals surface area contributed by atoms with Crippen molar-refractivity contribution in [2.75, 3.05) is 27.3 Å². The van der Waals surface area contributed by atoms with Crippen molar-refractivity contribution in [1.29, 1.82) is 0 Å². The molecule has 0 aromatic heterocycles. The molecule has 1 aliphatic heterocycles. The highest BCUT2D eigenvalue weighted by molar-refractivity contribution is 5.97. The summed E-state index contributed by atoms with van der Waals surface area (Å²) in [6, 6.07) is 11.9. The molecule has 0 unspecified atom stereocenters. The quantitative estimate of drug-likeness (QED) is 0.821. The standard InChI is InChI=1S/C21H24FNO3/c1-25-19-8-5-7-18(20(19)26-2)21(24)23-13-4-3-6-16(14-23)15-9-11-17(22)12-10-15/h5,7-12,16H,3-4,6,13-14H2,1-2H3/t16-/m0/s1. The highest BCUT2D eigenvalue weighted by atomic mass is 19.1. The van der Waals surface area contributed by atoms with Crippen molar-refractivity contribution >= 4 is 5.91 Å². The number of halogens is 1. The largest absolute Gasteiger partial charge is 0.493 e. The van der Waals surface area contributed by atoms with Crippen molar-refractivity contribution in [3.05, 3.63) is 59.4 Å². The molecule has 1 amide bonds. The van der Waals surface area contributed by atoms with Crippen molar-refractivity contribution in [1.82, 2.24) is 4.90 Å². The second-order valence-corrected chi connectivity index (χ2v) is 6.54. The van der Waals surface area contributed by atoms with Gasteiger partial charge in [-0.2, -0.15) is 0 Å². The van der Waals surface area contributed by atoms with Crippen molar-refractivity contribution < 1.29 is 18.7 Å². The van der Waals surface area contributed by atoms with Crippen LogP contribution >= 0.6 is 0 Å². The molecule has 4 nitrogen and oxygen atoms in total. The number of methoxy groups -OCH3 is 2. The van der Waals surface area contributed by atoms with Crippen molar-refractivity contribution in [3.8, 4) is 11.5 Å². The van der Waals surface area contributed by atoms with Gasteiger partial charge >= 0.3 is 0 Å². The van der Waals surface area contributed by atoms with Gasteiger partial charge in [-0.15, -0.1) is 0 Å². The molecule has 1 saturated heterocycles. The van der Waals surface area contributed by atoms with Crippen LogP contribution < -0.4 is 9.47 Å². The third-order valence-electron chi connectivity index (χ3n) is 4.93. The normalized spacial score (nSPS) is 17.5. The number of benzene rings is 2. The van der Waals surface area contributed by atoms with Crippen LogP contribution in [0.5, 0.6) is 11.5 Å². The predicted molar refractivity (Wildman–Crippen MR) is 98.4 cm³/mol. The predicted octanol–water partition coefficient (Wildman–Crippen LogP) is 4.25. The molecule has 0 radical (unpaired) electrons. The smallest absolute Gasteiger partial charge is 0.257 e. The average Bonchev–Trinajstić information content (AvgIpc) is 2.93. The Morgan fingerprint density at radius 1 is 1.08 bits per heavy atom. The van der Waals surface area contributed by atoms with E-state index in [0.29, 0.717) is 30.2 Å². The van der Waals surface area contributed by atoms with Gasteiger partial charge in [0, 0.05) is 19.0 Å². The van der Waals surface area contributed by atoms with E-state index in [-0.39, 0.29) is 17.6 Å². The lowest BCUT2D eigenvalue weighted by Gasteiger charge is -2.26. The minimum atomic E-state index is -0.239. The summed E-state index contributed by atoms with van der Waals surface area (Å²) < 4.78 is 24.0. The first kappa shape index (κ1) is 18.2. The summed E-state index contributed by atoms with van der Waals surface area (Å²) in [5.74, 6) is 0.913. The molecule has 1 fully saturated rings. The van der Waals surface area contributed by atoms with Crippen LogP contribution in [0.2, 0.25) is 0 Å². The number of carbonyl (C=O) groups is 1. The maximum Gasteiger partial charge on any atom is 0.257 e. The van der Waals surface area contributed by atoms with Crippen LogP contribution in [0.15, 0.2) is 42.5 Å². The minimum absolute atomic E-state index is 0.0604. The molecule has 26 heavy (non-hydrogen) atoms. The van der Waals surface area contributed by atoms with Gasteiger partial charge in [-0.25, -0.2) is 4.39 Å². The number of carbonyl (C=O) groups excluding carboxylic acids is 1. The Morgan fingerprint density at radius 3 is 2.54 bits per heavy atom. The number of amides is 1. The second-order valence-electron chi connectivity index (χ2n) is 6.54. The summed E-state index contributed by atoms with van der Waals surface area (Å²) in [6.07, 6.45) is 2.99. The van der Waals surface area contributed by atoms with Gasteiger partial charge in [0.2, 0.25) is 0 Å². The summed E-state index contributed by atoms with van der Waals surface area (Å²) in [5, 5.41) is 0. The van der Waals surface area contributed by atoms with Crippen LogP contribution in [0.4, 0.5) is 4.39 Å². The van der Waals surface area contributed by atoms with Gasteiger partial charge in [-0.1, -0.05) is 24.6 Å². The minimum Gasteiger partial charge on any atom is -0.493 e. The van der Waals surface area contributed by atoms with Crippen molar-refractivity contribution in [3.63, 3.8) is 0 Å². The monoisotopic (exact) mass is 357 g/mol. The van der Waals surface area contributed by atoms with Crippen molar-refractivity contribution in [2.45, 2.75) is 25.2 Å². The van der Waals surface area contributed by atoms with Crippen molar-refractivity contribution in [2.24, 2.45) is 0 Å². The average molecular weight is 357 g/mol.